The third-order valence-corrected chi connectivity index (χ3v) is 5.21. The Hall–Kier alpha value is -0.420. The van der Waals surface area contributed by atoms with Crippen LogP contribution < -0.4 is 0 Å². The number of alkyl halides is 1. The Kier molecular flexibility index (Phi) is 4.78. The number of rotatable bonds is 3. The number of benzene rings is 2. The molecule has 0 aliphatic rings. The summed E-state index contributed by atoms with van der Waals surface area (Å²) in [6.07, 6.45) is 0.659. The van der Waals surface area contributed by atoms with Crippen LogP contribution in [-0.2, 0) is 6.42 Å². The van der Waals surface area contributed by atoms with Gasteiger partial charge in [0.05, 0.1) is 0 Å². The van der Waals surface area contributed by atoms with E-state index in [0.717, 1.165) is 5.56 Å². The molecule has 2 rings (SSSR count). The number of hydrogen-bond acceptors (Lipinski definition) is 0. The summed E-state index contributed by atoms with van der Waals surface area (Å²) in [5.74, 6) is -0.135. The Balaban J connectivity index is 2.25. The highest BCUT2D eigenvalue weighted by atomic mass is 127. The lowest BCUT2D eigenvalue weighted by Crippen LogP contribution is -2.01. The average Bonchev–Trinajstić information content (AvgIpc) is 2.35. The zero-order valence-corrected chi connectivity index (χ0v) is 13.7. The van der Waals surface area contributed by atoms with Crippen LogP contribution in [0, 0.1) is 16.3 Å². The number of hydrogen-bond donors (Lipinski definition) is 0. The average molecular weight is 419 g/mol. The second kappa shape index (κ2) is 6.15. The Bertz CT molecular complexity index is 554. The number of halogens is 3. The summed E-state index contributed by atoms with van der Waals surface area (Å²) in [5.41, 5.74) is 3.22. The van der Waals surface area contributed by atoms with Gasteiger partial charge in [-0.15, -0.1) is 0 Å². The van der Waals surface area contributed by atoms with E-state index in [0.29, 0.717) is 6.42 Å². The zero-order chi connectivity index (χ0) is 13.1. The maximum Gasteiger partial charge on any atom is 0.126 e. The van der Waals surface area contributed by atoms with Gasteiger partial charge in [-0.2, -0.15) is 0 Å². The van der Waals surface area contributed by atoms with Crippen molar-refractivity contribution in [2.24, 2.45) is 0 Å². The Morgan fingerprint density at radius 2 is 1.89 bits per heavy atom. The van der Waals surface area contributed by atoms with Crippen molar-refractivity contribution in [2.45, 2.75) is 18.2 Å². The highest BCUT2D eigenvalue weighted by Crippen LogP contribution is 2.32. The summed E-state index contributed by atoms with van der Waals surface area (Å²) in [4.78, 5) is 0.140. The molecular formula is C15H13BrFI. The van der Waals surface area contributed by atoms with E-state index in [2.05, 4.69) is 57.6 Å². The topological polar surface area (TPSA) is 0 Å². The van der Waals surface area contributed by atoms with E-state index in [-0.39, 0.29) is 10.6 Å². The first-order valence-electron chi connectivity index (χ1n) is 5.72. The summed E-state index contributed by atoms with van der Waals surface area (Å²) < 4.78 is 14.9. The maximum atomic E-state index is 13.6. The van der Waals surface area contributed by atoms with Gasteiger partial charge in [0.15, 0.2) is 0 Å². The van der Waals surface area contributed by atoms with Crippen LogP contribution in [0.5, 0.6) is 0 Å². The van der Waals surface area contributed by atoms with Crippen molar-refractivity contribution in [3.8, 4) is 0 Å². The minimum absolute atomic E-state index is 0.135. The molecule has 0 nitrogen and oxygen atoms in total. The van der Waals surface area contributed by atoms with Gasteiger partial charge in [0.2, 0.25) is 0 Å². The molecule has 0 amide bonds. The van der Waals surface area contributed by atoms with E-state index in [4.69, 9.17) is 0 Å². The van der Waals surface area contributed by atoms with Gasteiger partial charge in [-0.05, 0) is 58.7 Å². The summed E-state index contributed by atoms with van der Waals surface area (Å²) in [7, 11) is 0. The Labute approximate surface area is 129 Å². The molecule has 18 heavy (non-hydrogen) atoms. The fourth-order valence-electron chi connectivity index (χ4n) is 1.88. The molecule has 0 aliphatic carbocycles. The fourth-order valence-corrected chi connectivity index (χ4v) is 3.77. The molecule has 0 radical (unpaired) electrons. The maximum absolute atomic E-state index is 13.6. The van der Waals surface area contributed by atoms with E-state index in [1.807, 2.05) is 18.2 Å². The molecule has 3 heteroatoms. The van der Waals surface area contributed by atoms with Crippen LogP contribution in [0.2, 0.25) is 0 Å². The van der Waals surface area contributed by atoms with Gasteiger partial charge in [0.1, 0.15) is 5.82 Å². The molecule has 0 spiro atoms. The molecule has 2 aromatic rings. The molecule has 1 unspecified atom stereocenters. The van der Waals surface area contributed by atoms with Crippen LogP contribution >= 0.6 is 38.5 Å². The van der Waals surface area contributed by atoms with Gasteiger partial charge in [0.25, 0.3) is 0 Å². The quantitative estimate of drug-likeness (QED) is 0.461. The van der Waals surface area contributed by atoms with Gasteiger partial charge in [-0.3, -0.25) is 0 Å². The van der Waals surface area contributed by atoms with Crippen LogP contribution in [0.15, 0.2) is 42.5 Å². The highest BCUT2D eigenvalue weighted by Gasteiger charge is 2.14. The molecule has 0 heterocycles. The normalized spacial score (nSPS) is 12.4. The number of aryl methyl sites for hydroxylation is 1. The summed E-state index contributed by atoms with van der Waals surface area (Å²) in [5, 5.41) is 0. The molecule has 1 atom stereocenters. The molecule has 94 valence electrons. The molecule has 0 saturated heterocycles. The van der Waals surface area contributed by atoms with E-state index in [9.17, 15) is 4.39 Å². The van der Waals surface area contributed by atoms with Gasteiger partial charge in [0, 0.05) is 8.40 Å². The predicted molar refractivity (Wildman–Crippen MR) is 85.7 cm³/mol. The lowest BCUT2D eigenvalue weighted by Gasteiger charge is -2.14. The first kappa shape index (κ1) is 14.0. The standard InChI is InChI=1S/C15H13BrFI/c1-10-5-4-7-12(15(10)18)13(16)9-11-6-2-3-8-14(11)17/h2-8,13H,9H2,1H3. The second-order valence-corrected chi connectivity index (χ2v) is 6.43. The van der Waals surface area contributed by atoms with Crippen molar-refractivity contribution < 1.29 is 4.39 Å². The molecule has 2 aromatic carbocycles. The van der Waals surface area contributed by atoms with Crippen molar-refractivity contribution in [3.63, 3.8) is 0 Å². The predicted octanol–water partition coefficient (Wildman–Crippen LogP) is 5.42. The molecule has 0 bridgehead atoms. The van der Waals surface area contributed by atoms with E-state index >= 15 is 0 Å². The van der Waals surface area contributed by atoms with Crippen LogP contribution in [0.1, 0.15) is 21.5 Å². The van der Waals surface area contributed by atoms with Gasteiger partial charge in [-0.1, -0.05) is 52.3 Å². The fraction of sp³-hybridized carbons (Fsp3) is 0.200. The molecular weight excluding hydrogens is 406 g/mol. The largest absolute Gasteiger partial charge is 0.207 e. The molecule has 0 N–H and O–H groups in total. The minimum Gasteiger partial charge on any atom is -0.207 e. The van der Waals surface area contributed by atoms with Crippen molar-refractivity contribution in [1.29, 1.82) is 0 Å². The monoisotopic (exact) mass is 418 g/mol. The van der Waals surface area contributed by atoms with Crippen molar-refractivity contribution in [3.05, 3.63) is 68.5 Å². The SMILES string of the molecule is Cc1cccc(C(Br)Cc2ccccc2F)c1I. The van der Waals surface area contributed by atoms with E-state index in [1.54, 1.807) is 6.07 Å². The van der Waals surface area contributed by atoms with Crippen molar-refractivity contribution in [1.82, 2.24) is 0 Å². The van der Waals surface area contributed by atoms with Gasteiger partial charge >= 0.3 is 0 Å². The molecule has 0 fully saturated rings. The van der Waals surface area contributed by atoms with Crippen molar-refractivity contribution in [2.75, 3.05) is 0 Å². The summed E-state index contributed by atoms with van der Waals surface area (Å²) >= 11 is 6.02. The molecule has 0 aliphatic heterocycles. The van der Waals surface area contributed by atoms with E-state index in [1.165, 1.54) is 20.8 Å². The Morgan fingerprint density at radius 3 is 2.61 bits per heavy atom. The lowest BCUT2D eigenvalue weighted by atomic mass is 10.0. The molecule has 0 aromatic heterocycles. The smallest absolute Gasteiger partial charge is 0.126 e. The second-order valence-electron chi connectivity index (χ2n) is 4.24. The van der Waals surface area contributed by atoms with Gasteiger partial charge < -0.3 is 0 Å². The summed E-state index contributed by atoms with van der Waals surface area (Å²) in [6.45, 7) is 2.09. The minimum atomic E-state index is -0.135. The third kappa shape index (κ3) is 3.12. The third-order valence-electron chi connectivity index (χ3n) is 2.92. The van der Waals surface area contributed by atoms with Crippen LogP contribution in [0.25, 0.3) is 0 Å². The van der Waals surface area contributed by atoms with Crippen LogP contribution in [0.3, 0.4) is 0 Å². The van der Waals surface area contributed by atoms with Crippen molar-refractivity contribution >= 4 is 38.5 Å². The Morgan fingerprint density at radius 1 is 1.17 bits per heavy atom. The first-order chi connectivity index (χ1) is 8.59. The van der Waals surface area contributed by atoms with Crippen LogP contribution in [0.4, 0.5) is 4.39 Å². The lowest BCUT2D eigenvalue weighted by molar-refractivity contribution is 0.608. The highest BCUT2D eigenvalue weighted by molar-refractivity contribution is 14.1. The molecule has 0 saturated carbocycles. The zero-order valence-electron chi connectivity index (χ0n) is 9.96. The van der Waals surface area contributed by atoms with E-state index < -0.39 is 0 Å². The van der Waals surface area contributed by atoms with Crippen LogP contribution in [-0.4, -0.2) is 0 Å². The summed E-state index contributed by atoms with van der Waals surface area (Å²) in [6, 6.07) is 13.2. The van der Waals surface area contributed by atoms with Gasteiger partial charge in [-0.25, -0.2) is 4.39 Å². The first-order valence-corrected chi connectivity index (χ1v) is 7.71.